The van der Waals surface area contributed by atoms with Gasteiger partial charge >= 0.3 is 0 Å². The Balaban J connectivity index is 1.67. The van der Waals surface area contributed by atoms with Gasteiger partial charge in [0.05, 0.1) is 12.8 Å². The smallest absolute Gasteiger partial charge is 0.280 e. The summed E-state index contributed by atoms with van der Waals surface area (Å²) >= 11 is 0. The highest BCUT2D eigenvalue weighted by atomic mass is 19.3. The van der Waals surface area contributed by atoms with Gasteiger partial charge in [-0.2, -0.15) is 10.1 Å². The lowest BCUT2D eigenvalue weighted by molar-refractivity contribution is 0.0665. The average Bonchev–Trinajstić information content (AvgIpc) is 3.21. The molecule has 3 aromatic rings. The number of halogens is 2. The SMILES string of the molecule is COc1c(C)cc(C(=O)N2CC[C@@H](C)[C@H](c3cc(C(F)F)nc4ncnn34)C2)cc1C. The fourth-order valence-corrected chi connectivity index (χ4v) is 4.45. The third kappa shape index (κ3) is 3.84. The standard InChI is InChI=1S/C22H25F2N5O2/c1-12-5-6-28(21(30)15-7-13(2)19(31-4)14(3)8-15)10-16(12)18-9-17(20(23)24)27-22-25-11-26-29(18)22/h7-9,11-12,16,20H,5-6,10H2,1-4H3/t12-,16-/m1/s1. The Labute approximate surface area is 179 Å². The van der Waals surface area contributed by atoms with Gasteiger partial charge in [-0.3, -0.25) is 4.79 Å². The highest BCUT2D eigenvalue weighted by Crippen LogP contribution is 2.34. The van der Waals surface area contributed by atoms with Crippen molar-refractivity contribution in [3.05, 3.63) is 52.6 Å². The Hall–Kier alpha value is -3.10. The number of likely N-dealkylation sites (tertiary alicyclic amines) is 1. The zero-order valence-corrected chi connectivity index (χ0v) is 18.0. The summed E-state index contributed by atoms with van der Waals surface area (Å²) in [6, 6.07) is 5.06. The molecule has 31 heavy (non-hydrogen) atoms. The van der Waals surface area contributed by atoms with E-state index in [2.05, 4.69) is 22.0 Å². The van der Waals surface area contributed by atoms with Gasteiger partial charge in [0.25, 0.3) is 18.1 Å². The Morgan fingerprint density at radius 2 is 1.94 bits per heavy atom. The Morgan fingerprint density at radius 3 is 2.58 bits per heavy atom. The first-order chi connectivity index (χ1) is 14.8. The van der Waals surface area contributed by atoms with Crippen LogP contribution < -0.4 is 4.74 Å². The Kier molecular flexibility index (Phi) is 5.60. The maximum atomic E-state index is 13.4. The van der Waals surface area contributed by atoms with Crippen molar-refractivity contribution < 1.29 is 18.3 Å². The molecule has 2 aromatic heterocycles. The zero-order valence-electron chi connectivity index (χ0n) is 18.0. The molecule has 0 saturated carbocycles. The second kappa shape index (κ2) is 8.20. The predicted molar refractivity (Wildman–Crippen MR) is 111 cm³/mol. The van der Waals surface area contributed by atoms with Crippen LogP contribution in [-0.4, -0.2) is 50.6 Å². The molecule has 7 nitrogen and oxygen atoms in total. The molecule has 0 bridgehead atoms. The molecule has 1 amide bonds. The molecule has 1 aromatic carbocycles. The number of aryl methyl sites for hydroxylation is 2. The summed E-state index contributed by atoms with van der Waals surface area (Å²) in [5, 5.41) is 4.18. The molecule has 3 heterocycles. The molecule has 0 spiro atoms. The maximum Gasteiger partial charge on any atom is 0.280 e. The van der Waals surface area contributed by atoms with E-state index in [4.69, 9.17) is 4.74 Å². The number of hydrogen-bond donors (Lipinski definition) is 0. The summed E-state index contributed by atoms with van der Waals surface area (Å²) in [5.74, 6) is 0.853. The third-order valence-electron chi connectivity index (χ3n) is 6.06. The highest BCUT2D eigenvalue weighted by molar-refractivity contribution is 5.95. The quantitative estimate of drug-likeness (QED) is 0.628. The summed E-state index contributed by atoms with van der Waals surface area (Å²) in [7, 11) is 1.61. The molecule has 1 aliphatic heterocycles. The number of carbonyl (C=O) groups is 1. The lowest BCUT2D eigenvalue weighted by Crippen LogP contribution is -2.42. The number of nitrogens with zero attached hydrogens (tertiary/aromatic N) is 5. The predicted octanol–water partition coefficient (Wildman–Crippen LogP) is 3.95. The third-order valence-corrected chi connectivity index (χ3v) is 6.06. The van der Waals surface area contributed by atoms with Gasteiger partial charge < -0.3 is 9.64 Å². The lowest BCUT2D eigenvalue weighted by Gasteiger charge is -2.37. The molecular formula is C22H25F2N5O2. The highest BCUT2D eigenvalue weighted by Gasteiger charge is 2.33. The second-order valence-electron chi connectivity index (χ2n) is 8.15. The largest absolute Gasteiger partial charge is 0.496 e. The van der Waals surface area contributed by atoms with Gasteiger partial charge in [-0.25, -0.2) is 18.3 Å². The van der Waals surface area contributed by atoms with Gasteiger partial charge in [-0.15, -0.1) is 0 Å². The molecule has 2 atom stereocenters. The molecule has 1 fully saturated rings. The van der Waals surface area contributed by atoms with Crippen molar-refractivity contribution in [3.63, 3.8) is 0 Å². The van der Waals surface area contributed by atoms with Crippen molar-refractivity contribution in [3.8, 4) is 5.75 Å². The molecule has 0 N–H and O–H groups in total. The number of carbonyl (C=O) groups excluding carboxylic acids is 1. The average molecular weight is 429 g/mol. The van der Waals surface area contributed by atoms with Crippen molar-refractivity contribution in [2.75, 3.05) is 20.2 Å². The summed E-state index contributed by atoms with van der Waals surface area (Å²) in [4.78, 5) is 23.0. The number of piperidine rings is 1. The summed E-state index contributed by atoms with van der Waals surface area (Å²) in [6.07, 6.45) is -0.643. The van der Waals surface area contributed by atoms with E-state index in [-0.39, 0.29) is 29.2 Å². The van der Waals surface area contributed by atoms with Gasteiger partial charge in [0, 0.05) is 24.6 Å². The number of fused-ring (bicyclic) bond motifs is 1. The van der Waals surface area contributed by atoms with Crippen molar-refractivity contribution in [1.82, 2.24) is 24.5 Å². The van der Waals surface area contributed by atoms with Gasteiger partial charge in [0.15, 0.2) is 0 Å². The van der Waals surface area contributed by atoms with E-state index in [1.54, 1.807) is 12.0 Å². The van der Waals surface area contributed by atoms with E-state index in [1.165, 1.54) is 16.9 Å². The van der Waals surface area contributed by atoms with Crippen LogP contribution in [0.4, 0.5) is 8.78 Å². The van der Waals surface area contributed by atoms with Crippen LogP contribution in [0.1, 0.15) is 58.6 Å². The number of aromatic nitrogens is 4. The van der Waals surface area contributed by atoms with Crippen molar-refractivity contribution in [1.29, 1.82) is 0 Å². The first kappa shape index (κ1) is 21.1. The first-order valence-corrected chi connectivity index (χ1v) is 10.2. The minimum atomic E-state index is -2.71. The second-order valence-corrected chi connectivity index (χ2v) is 8.15. The minimum absolute atomic E-state index is 0.0799. The van der Waals surface area contributed by atoms with Crippen LogP contribution >= 0.6 is 0 Å². The van der Waals surface area contributed by atoms with E-state index >= 15 is 0 Å². The lowest BCUT2D eigenvalue weighted by atomic mass is 9.84. The number of methoxy groups -OCH3 is 1. The maximum absolute atomic E-state index is 13.4. The van der Waals surface area contributed by atoms with Crippen molar-refractivity contribution in [2.24, 2.45) is 5.92 Å². The van der Waals surface area contributed by atoms with Gasteiger partial charge in [-0.05, 0) is 55.5 Å². The van der Waals surface area contributed by atoms with E-state index in [0.717, 1.165) is 23.3 Å². The van der Waals surface area contributed by atoms with E-state index in [1.807, 2.05) is 26.0 Å². The van der Waals surface area contributed by atoms with Crippen LogP contribution in [0.3, 0.4) is 0 Å². The number of ether oxygens (including phenoxy) is 1. The number of amides is 1. The molecule has 0 radical (unpaired) electrons. The van der Waals surface area contributed by atoms with Gasteiger partial charge in [0.2, 0.25) is 0 Å². The number of hydrogen-bond acceptors (Lipinski definition) is 5. The van der Waals surface area contributed by atoms with Gasteiger partial charge in [-0.1, -0.05) is 6.92 Å². The Bertz CT molecular complexity index is 1110. The first-order valence-electron chi connectivity index (χ1n) is 10.2. The van der Waals surface area contributed by atoms with Crippen LogP contribution in [0.5, 0.6) is 5.75 Å². The topological polar surface area (TPSA) is 72.6 Å². The van der Waals surface area contributed by atoms with Crippen molar-refractivity contribution in [2.45, 2.75) is 39.5 Å². The van der Waals surface area contributed by atoms with Crippen LogP contribution in [0.15, 0.2) is 24.5 Å². The van der Waals surface area contributed by atoms with Crippen LogP contribution in [0.25, 0.3) is 5.78 Å². The number of benzene rings is 1. The van der Waals surface area contributed by atoms with Crippen molar-refractivity contribution >= 4 is 11.7 Å². The van der Waals surface area contributed by atoms with E-state index < -0.39 is 6.43 Å². The van der Waals surface area contributed by atoms with Crippen LogP contribution in [-0.2, 0) is 0 Å². The molecule has 4 rings (SSSR count). The monoisotopic (exact) mass is 429 g/mol. The molecule has 9 heteroatoms. The number of rotatable bonds is 4. The fraction of sp³-hybridized carbons (Fsp3) is 0.455. The van der Waals surface area contributed by atoms with Gasteiger partial charge in [0.1, 0.15) is 17.8 Å². The molecule has 1 saturated heterocycles. The minimum Gasteiger partial charge on any atom is -0.496 e. The molecule has 1 aliphatic rings. The van der Waals surface area contributed by atoms with E-state index in [0.29, 0.717) is 24.3 Å². The molecule has 164 valence electrons. The van der Waals surface area contributed by atoms with Crippen LogP contribution in [0, 0.1) is 19.8 Å². The molecule has 0 aliphatic carbocycles. The fourth-order valence-electron chi connectivity index (χ4n) is 4.45. The Morgan fingerprint density at radius 1 is 1.23 bits per heavy atom. The summed E-state index contributed by atoms with van der Waals surface area (Å²) in [6.45, 7) is 6.90. The van der Waals surface area contributed by atoms with Crippen LogP contribution in [0.2, 0.25) is 0 Å². The summed E-state index contributed by atoms with van der Waals surface area (Å²) in [5.41, 5.74) is 2.66. The number of alkyl halides is 2. The molecule has 0 unspecified atom stereocenters. The normalized spacial score (nSPS) is 19.3. The summed E-state index contributed by atoms with van der Waals surface area (Å²) < 4.78 is 33.7. The molecular weight excluding hydrogens is 404 g/mol. The zero-order chi connectivity index (χ0) is 22.3. The van der Waals surface area contributed by atoms with E-state index in [9.17, 15) is 13.6 Å².